The highest BCUT2D eigenvalue weighted by Crippen LogP contribution is 2.38. The molecule has 0 saturated carbocycles. The number of pyridine rings is 1. The molecule has 2 aromatic carbocycles. The molecule has 11 heteroatoms. The van der Waals surface area contributed by atoms with Crippen molar-refractivity contribution in [1.82, 2.24) is 19.9 Å². The topological polar surface area (TPSA) is 93.8 Å². The minimum absolute atomic E-state index is 0.232. The van der Waals surface area contributed by atoms with E-state index in [1.54, 1.807) is 36.5 Å². The molecule has 1 amide bonds. The quantitative estimate of drug-likeness (QED) is 0.269. The molecule has 0 aliphatic heterocycles. The highest BCUT2D eigenvalue weighted by molar-refractivity contribution is 6.07. The number of carbonyl (C=O) groups excluding carboxylic acids is 1. The predicted molar refractivity (Wildman–Crippen MR) is 129 cm³/mol. The van der Waals surface area contributed by atoms with Gasteiger partial charge in [-0.15, -0.1) is 0 Å². The average Bonchev–Trinajstić information content (AvgIpc) is 3.42. The summed E-state index contributed by atoms with van der Waals surface area (Å²) in [7, 11) is 0. The summed E-state index contributed by atoms with van der Waals surface area (Å²) in [6.45, 7) is 0. The number of carbonyl (C=O) groups is 1. The number of amides is 1. The summed E-state index contributed by atoms with van der Waals surface area (Å²) < 4.78 is 61.3. The van der Waals surface area contributed by atoms with Gasteiger partial charge >= 0.3 is 6.18 Å². The largest absolute Gasteiger partial charge is 0.448 e. The smallest absolute Gasteiger partial charge is 0.417 e. The Morgan fingerprint density at radius 2 is 1.71 bits per heavy atom. The van der Waals surface area contributed by atoms with Crippen molar-refractivity contribution in [3.63, 3.8) is 0 Å². The van der Waals surface area contributed by atoms with Crippen molar-refractivity contribution in [2.45, 2.75) is 12.6 Å². The monoisotopic (exact) mass is 519 g/mol. The number of benzene rings is 2. The van der Waals surface area contributed by atoms with Crippen molar-refractivity contribution in [3.8, 4) is 22.6 Å². The number of aromatic nitrogens is 4. The first kappa shape index (κ1) is 24.8. The molecule has 5 rings (SSSR count). The first-order valence-corrected chi connectivity index (χ1v) is 11.2. The summed E-state index contributed by atoms with van der Waals surface area (Å²) in [5.41, 5.74) is -0.485. The molecule has 0 saturated heterocycles. The van der Waals surface area contributed by atoms with E-state index in [0.29, 0.717) is 29.0 Å². The molecule has 3 aromatic heterocycles. The van der Waals surface area contributed by atoms with Crippen molar-refractivity contribution in [2.24, 2.45) is 0 Å². The fourth-order valence-electron chi connectivity index (χ4n) is 3.85. The Labute approximate surface area is 213 Å². The molecule has 0 aliphatic rings. The van der Waals surface area contributed by atoms with Gasteiger partial charge in [-0.25, -0.2) is 19.3 Å². The average molecular weight is 519 g/mol. The third kappa shape index (κ3) is 5.26. The number of halogens is 4. The number of oxazole rings is 1. The lowest BCUT2D eigenvalue weighted by Gasteiger charge is -2.16. The third-order valence-corrected chi connectivity index (χ3v) is 5.57. The highest BCUT2D eigenvalue weighted by Gasteiger charge is 2.36. The zero-order valence-electron chi connectivity index (χ0n) is 19.4. The molecular weight excluding hydrogens is 502 g/mol. The zero-order chi connectivity index (χ0) is 26.7. The van der Waals surface area contributed by atoms with E-state index >= 15 is 0 Å². The lowest BCUT2D eigenvalue weighted by Crippen LogP contribution is -2.17. The van der Waals surface area contributed by atoms with Crippen molar-refractivity contribution >= 4 is 11.6 Å². The minimum atomic E-state index is -4.90. The maximum absolute atomic E-state index is 14.9. The first-order valence-electron chi connectivity index (χ1n) is 11.2. The Kier molecular flexibility index (Phi) is 6.65. The van der Waals surface area contributed by atoms with Crippen LogP contribution < -0.4 is 5.32 Å². The first-order chi connectivity index (χ1) is 18.3. The van der Waals surface area contributed by atoms with Gasteiger partial charge in [0.25, 0.3) is 5.91 Å². The summed E-state index contributed by atoms with van der Waals surface area (Å²) in [6, 6.07) is 13.1. The van der Waals surface area contributed by atoms with E-state index in [2.05, 4.69) is 25.3 Å². The van der Waals surface area contributed by atoms with Crippen LogP contribution in [0.5, 0.6) is 0 Å². The van der Waals surface area contributed by atoms with Gasteiger partial charge in [0.15, 0.2) is 12.2 Å². The van der Waals surface area contributed by atoms with Crippen LogP contribution in [0.25, 0.3) is 22.6 Å². The van der Waals surface area contributed by atoms with Crippen LogP contribution in [0.15, 0.2) is 90.2 Å². The summed E-state index contributed by atoms with van der Waals surface area (Å²) in [4.78, 5) is 29.3. The summed E-state index contributed by atoms with van der Waals surface area (Å²) >= 11 is 0. The molecule has 3 heterocycles. The molecule has 38 heavy (non-hydrogen) atoms. The maximum atomic E-state index is 14.9. The van der Waals surface area contributed by atoms with E-state index in [-0.39, 0.29) is 17.6 Å². The van der Waals surface area contributed by atoms with E-state index in [0.717, 1.165) is 6.07 Å². The van der Waals surface area contributed by atoms with Crippen molar-refractivity contribution in [3.05, 3.63) is 114 Å². The van der Waals surface area contributed by atoms with Gasteiger partial charge in [-0.05, 0) is 29.8 Å². The van der Waals surface area contributed by atoms with Crippen LogP contribution in [0.4, 0.5) is 23.2 Å². The van der Waals surface area contributed by atoms with E-state index < -0.39 is 34.6 Å². The molecule has 0 aliphatic carbocycles. The van der Waals surface area contributed by atoms with Crippen molar-refractivity contribution in [1.29, 1.82) is 0 Å². The van der Waals surface area contributed by atoms with E-state index in [9.17, 15) is 22.4 Å². The van der Waals surface area contributed by atoms with Gasteiger partial charge in [0.2, 0.25) is 0 Å². The molecule has 190 valence electrons. The van der Waals surface area contributed by atoms with Crippen LogP contribution in [0.3, 0.4) is 0 Å². The summed E-state index contributed by atoms with van der Waals surface area (Å²) in [6.07, 6.45) is 2.34. The molecule has 7 nitrogen and oxygen atoms in total. The Balaban J connectivity index is 1.56. The number of rotatable bonds is 6. The van der Waals surface area contributed by atoms with Gasteiger partial charge in [-0.2, -0.15) is 13.2 Å². The Bertz CT molecular complexity index is 1580. The zero-order valence-corrected chi connectivity index (χ0v) is 19.4. The SMILES string of the molecule is O=C(Nc1cc(Cc2cnco2)cnc1-c1ccccc1)c1cc(-c2ncccn2)c(C(F)(F)F)cc1F. The second-order valence-electron chi connectivity index (χ2n) is 8.15. The minimum Gasteiger partial charge on any atom is -0.448 e. The molecule has 0 bridgehead atoms. The predicted octanol–water partition coefficient (Wildman–Crippen LogP) is 6.19. The highest BCUT2D eigenvalue weighted by atomic mass is 19.4. The van der Waals surface area contributed by atoms with Gasteiger partial charge < -0.3 is 9.73 Å². The maximum Gasteiger partial charge on any atom is 0.417 e. The number of nitrogens with zero attached hydrogens (tertiary/aromatic N) is 4. The van der Waals surface area contributed by atoms with Crippen LogP contribution in [0.2, 0.25) is 0 Å². The summed E-state index contributed by atoms with van der Waals surface area (Å²) in [5, 5.41) is 2.61. The van der Waals surface area contributed by atoms with E-state index in [1.165, 1.54) is 31.1 Å². The van der Waals surface area contributed by atoms with Crippen LogP contribution in [-0.4, -0.2) is 25.8 Å². The third-order valence-electron chi connectivity index (χ3n) is 5.57. The van der Waals surface area contributed by atoms with Gasteiger partial charge in [-0.3, -0.25) is 9.78 Å². The molecule has 0 unspecified atom stereocenters. The van der Waals surface area contributed by atoms with Gasteiger partial charge in [0, 0.05) is 36.1 Å². The van der Waals surface area contributed by atoms with Gasteiger partial charge in [-0.1, -0.05) is 30.3 Å². The van der Waals surface area contributed by atoms with Crippen LogP contribution in [-0.2, 0) is 12.6 Å². The van der Waals surface area contributed by atoms with Crippen LogP contribution in [0.1, 0.15) is 27.2 Å². The van der Waals surface area contributed by atoms with Gasteiger partial charge in [0.05, 0.1) is 28.7 Å². The van der Waals surface area contributed by atoms with E-state index in [4.69, 9.17) is 4.42 Å². The Hall–Kier alpha value is -4.93. The standard InChI is InChI=1S/C27H17F4N5O2/c28-22-12-21(27(29,30)31)19(25-33-7-4-8-34-25)11-20(22)26(37)36-23-10-16(9-18-14-32-15-38-18)13-35-24(23)17-5-2-1-3-6-17/h1-8,10-15H,9H2,(H,36,37). The van der Waals surface area contributed by atoms with Crippen molar-refractivity contribution < 1.29 is 26.8 Å². The molecule has 0 atom stereocenters. The number of hydrogen-bond donors (Lipinski definition) is 1. The Morgan fingerprint density at radius 3 is 2.39 bits per heavy atom. The molecule has 1 N–H and O–H groups in total. The molecule has 0 spiro atoms. The Morgan fingerprint density at radius 1 is 0.947 bits per heavy atom. The van der Waals surface area contributed by atoms with Crippen molar-refractivity contribution in [2.75, 3.05) is 5.32 Å². The second-order valence-corrected chi connectivity index (χ2v) is 8.15. The molecule has 0 radical (unpaired) electrons. The number of hydrogen-bond acceptors (Lipinski definition) is 6. The molecular formula is C27H17F4N5O2. The van der Waals surface area contributed by atoms with E-state index in [1.807, 2.05) is 6.07 Å². The second kappa shape index (κ2) is 10.2. The van der Waals surface area contributed by atoms with Gasteiger partial charge in [0.1, 0.15) is 11.6 Å². The molecule has 0 fully saturated rings. The lowest BCUT2D eigenvalue weighted by molar-refractivity contribution is -0.137. The fourth-order valence-corrected chi connectivity index (χ4v) is 3.85. The van der Waals surface area contributed by atoms with Crippen LogP contribution >= 0.6 is 0 Å². The van der Waals surface area contributed by atoms with Crippen LogP contribution in [0, 0.1) is 5.82 Å². The summed E-state index contributed by atoms with van der Waals surface area (Å²) in [5.74, 6) is -2.06. The fraction of sp³-hybridized carbons (Fsp3) is 0.0741. The normalized spacial score (nSPS) is 11.4. The number of alkyl halides is 3. The number of nitrogens with one attached hydrogen (secondary N) is 1. The number of anilines is 1. The lowest BCUT2D eigenvalue weighted by atomic mass is 10.0. The molecule has 5 aromatic rings.